The number of rotatable bonds is 7. The Morgan fingerprint density at radius 2 is 2.19 bits per heavy atom. The summed E-state index contributed by atoms with van der Waals surface area (Å²) in [6.45, 7) is 7.47. The van der Waals surface area contributed by atoms with E-state index >= 15 is 0 Å². The summed E-state index contributed by atoms with van der Waals surface area (Å²) in [7, 11) is 0. The third-order valence-electron chi connectivity index (χ3n) is 3.25. The third kappa shape index (κ3) is 4.62. The van der Waals surface area contributed by atoms with Gasteiger partial charge in [0.15, 0.2) is 0 Å². The summed E-state index contributed by atoms with van der Waals surface area (Å²) in [4.78, 5) is 13.8. The Bertz CT molecular complexity index is 206. The number of unbranched alkanes of at least 4 members (excludes halogenated alkanes) is 1. The van der Waals surface area contributed by atoms with E-state index in [0.29, 0.717) is 5.78 Å². The van der Waals surface area contributed by atoms with Crippen molar-refractivity contribution in [1.29, 1.82) is 0 Å². The van der Waals surface area contributed by atoms with Crippen molar-refractivity contribution < 1.29 is 9.53 Å². The summed E-state index contributed by atoms with van der Waals surface area (Å²) in [5, 5.41) is 0. The molecular formula is C13H25NO2. The van der Waals surface area contributed by atoms with Crippen LogP contribution in [0.2, 0.25) is 0 Å². The summed E-state index contributed by atoms with van der Waals surface area (Å²) in [6.07, 6.45) is 5.76. The molecule has 1 unspecified atom stereocenters. The first-order chi connectivity index (χ1) is 7.75. The molecule has 0 amide bonds. The summed E-state index contributed by atoms with van der Waals surface area (Å²) >= 11 is 0. The zero-order chi connectivity index (χ0) is 11.8. The van der Waals surface area contributed by atoms with Crippen LogP contribution in [0, 0.1) is 0 Å². The van der Waals surface area contributed by atoms with E-state index in [9.17, 15) is 4.79 Å². The van der Waals surface area contributed by atoms with Gasteiger partial charge in [-0.1, -0.05) is 19.8 Å². The lowest BCUT2D eigenvalue weighted by Gasteiger charge is -2.33. The van der Waals surface area contributed by atoms with E-state index in [0.717, 1.165) is 39.1 Å². The fourth-order valence-corrected chi connectivity index (χ4v) is 2.25. The number of Topliss-reactive ketones (excluding diaryl/α,β-unsaturated/α-hetero) is 1. The molecule has 0 saturated carbocycles. The van der Waals surface area contributed by atoms with Crippen LogP contribution in [0.3, 0.4) is 0 Å². The van der Waals surface area contributed by atoms with Gasteiger partial charge in [-0.05, 0) is 32.7 Å². The van der Waals surface area contributed by atoms with Gasteiger partial charge in [-0.25, -0.2) is 0 Å². The van der Waals surface area contributed by atoms with Crippen molar-refractivity contribution in [3.63, 3.8) is 0 Å². The van der Waals surface area contributed by atoms with Gasteiger partial charge in [0.2, 0.25) is 0 Å². The molecule has 3 heteroatoms. The molecule has 1 fully saturated rings. The molecule has 0 aromatic carbocycles. The second-order valence-electron chi connectivity index (χ2n) is 4.62. The lowest BCUT2D eigenvalue weighted by molar-refractivity contribution is -0.123. The predicted octanol–water partition coefficient (Wildman–Crippen LogP) is 2.25. The molecule has 1 heterocycles. The minimum atomic E-state index is 0.156. The molecule has 0 radical (unpaired) electrons. The zero-order valence-electron chi connectivity index (χ0n) is 10.7. The third-order valence-corrected chi connectivity index (χ3v) is 3.25. The monoisotopic (exact) mass is 227 g/mol. The van der Waals surface area contributed by atoms with E-state index in [2.05, 4.69) is 11.8 Å². The van der Waals surface area contributed by atoms with Crippen molar-refractivity contribution in [3.05, 3.63) is 0 Å². The number of hydrogen-bond acceptors (Lipinski definition) is 3. The molecular weight excluding hydrogens is 202 g/mol. The van der Waals surface area contributed by atoms with Crippen LogP contribution in [-0.2, 0) is 9.53 Å². The molecule has 0 bridgehead atoms. The molecule has 1 rings (SSSR count). The number of carbonyl (C=O) groups excluding carboxylic acids is 1. The van der Waals surface area contributed by atoms with E-state index in [1.54, 1.807) is 6.92 Å². The maximum atomic E-state index is 11.5. The van der Waals surface area contributed by atoms with Crippen LogP contribution in [-0.4, -0.2) is 43.0 Å². The number of likely N-dealkylation sites (tertiary alicyclic amines) is 1. The molecule has 94 valence electrons. The highest BCUT2D eigenvalue weighted by molar-refractivity contribution is 5.81. The average molecular weight is 227 g/mol. The summed E-state index contributed by atoms with van der Waals surface area (Å²) < 4.78 is 5.55. The Balaban J connectivity index is 2.19. The molecule has 1 aliphatic heterocycles. The van der Waals surface area contributed by atoms with Crippen molar-refractivity contribution in [2.24, 2.45) is 0 Å². The highest BCUT2D eigenvalue weighted by Crippen LogP contribution is 2.17. The topological polar surface area (TPSA) is 29.5 Å². The minimum absolute atomic E-state index is 0.156. The standard InChI is InChI=1S/C13H25NO2/c1-3-4-10-16-11-9-14-8-6-5-7-13(14)12(2)15/h13H,3-11H2,1-2H3. The highest BCUT2D eigenvalue weighted by Gasteiger charge is 2.25. The number of ketones is 1. The fourth-order valence-electron chi connectivity index (χ4n) is 2.25. The molecule has 0 aromatic rings. The Kier molecular flexibility index (Phi) is 6.65. The molecule has 3 nitrogen and oxygen atoms in total. The SMILES string of the molecule is CCCCOCCN1CCCCC1C(C)=O. The van der Waals surface area contributed by atoms with Crippen molar-refractivity contribution in [1.82, 2.24) is 4.90 Å². The van der Waals surface area contributed by atoms with Crippen molar-refractivity contribution >= 4 is 5.78 Å². The number of hydrogen-bond donors (Lipinski definition) is 0. The van der Waals surface area contributed by atoms with Crippen LogP contribution in [0.1, 0.15) is 46.0 Å². The summed E-state index contributed by atoms with van der Waals surface area (Å²) in [6, 6.07) is 0.156. The molecule has 0 aliphatic carbocycles. The Morgan fingerprint density at radius 1 is 1.38 bits per heavy atom. The van der Waals surface area contributed by atoms with Crippen LogP contribution in [0.15, 0.2) is 0 Å². The van der Waals surface area contributed by atoms with E-state index in [-0.39, 0.29) is 6.04 Å². The van der Waals surface area contributed by atoms with E-state index in [4.69, 9.17) is 4.74 Å². The lowest BCUT2D eigenvalue weighted by Crippen LogP contribution is -2.45. The second-order valence-corrected chi connectivity index (χ2v) is 4.62. The number of carbonyl (C=O) groups is 1. The average Bonchev–Trinajstić information content (AvgIpc) is 2.29. The Morgan fingerprint density at radius 3 is 2.88 bits per heavy atom. The van der Waals surface area contributed by atoms with Crippen LogP contribution >= 0.6 is 0 Å². The maximum absolute atomic E-state index is 11.5. The van der Waals surface area contributed by atoms with Crippen LogP contribution in [0.5, 0.6) is 0 Å². The molecule has 0 spiro atoms. The van der Waals surface area contributed by atoms with Crippen LogP contribution in [0.25, 0.3) is 0 Å². The van der Waals surface area contributed by atoms with Gasteiger partial charge in [0.05, 0.1) is 12.6 Å². The van der Waals surface area contributed by atoms with Crippen molar-refractivity contribution in [2.75, 3.05) is 26.3 Å². The van der Waals surface area contributed by atoms with Gasteiger partial charge in [0.1, 0.15) is 5.78 Å². The minimum Gasteiger partial charge on any atom is -0.380 e. The van der Waals surface area contributed by atoms with Crippen molar-refractivity contribution in [3.8, 4) is 0 Å². The van der Waals surface area contributed by atoms with Crippen LogP contribution in [0.4, 0.5) is 0 Å². The first-order valence-corrected chi connectivity index (χ1v) is 6.58. The predicted molar refractivity (Wildman–Crippen MR) is 65.6 cm³/mol. The number of piperidine rings is 1. The molecule has 0 N–H and O–H groups in total. The number of nitrogens with zero attached hydrogens (tertiary/aromatic N) is 1. The molecule has 1 aliphatic rings. The highest BCUT2D eigenvalue weighted by atomic mass is 16.5. The van der Waals surface area contributed by atoms with Gasteiger partial charge in [0.25, 0.3) is 0 Å². The first kappa shape index (κ1) is 13.7. The van der Waals surface area contributed by atoms with Gasteiger partial charge in [-0.3, -0.25) is 9.69 Å². The van der Waals surface area contributed by atoms with Gasteiger partial charge in [-0.15, -0.1) is 0 Å². The van der Waals surface area contributed by atoms with Gasteiger partial charge in [0, 0.05) is 13.2 Å². The van der Waals surface area contributed by atoms with E-state index in [1.807, 2.05) is 0 Å². The quantitative estimate of drug-likeness (QED) is 0.625. The first-order valence-electron chi connectivity index (χ1n) is 6.58. The Labute approximate surface area is 99.1 Å². The normalized spacial score (nSPS) is 22.2. The summed E-state index contributed by atoms with van der Waals surface area (Å²) in [5.74, 6) is 0.313. The van der Waals surface area contributed by atoms with Crippen molar-refractivity contribution in [2.45, 2.75) is 52.0 Å². The van der Waals surface area contributed by atoms with Gasteiger partial charge in [-0.2, -0.15) is 0 Å². The summed E-state index contributed by atoms with van der Waals surface area (Å²) in [5.41, 5.74) is 0. The molecule has 0 aromatic heterocycles. The van der Waals surface area contributed by atoms with E-state index in [1.165, 1.54) is 19.3 Å². The largest absolute Gasteiger partial charge is 0.380 e. The molecule has 1 saturated heterocycles. The Hall–Kier alpha value is -0.410. The molecule has 1 atom stereocenters. The zero-order valence-corrected chi connectivity index (χ0v) is 10.7. The van der Waals surface area contributed by atoms with Gasteiger partial charge >= 0.3 is 0 Å². The number of ether oxygens (including phenoxy) is 1. The lowest BCUT2D eigenvalue weighted by atomic mass is 9.99. The fraction of sp³-hybridized carbons (Fsp3) is 0.923. The van der Waals surface area contributed by atoms with Crippen LogP contribution < -0.4 is 0 Å². The smallest absolute Gasteiger partial charge is 0.146 e. The molecule has 16 heavy (non-hydrogen) atoms. The maximum Gasteiger partial charge on any atom is 0.146 e. The van der Waals surface area contributed by atoms with E-state index < -0.39 is 0 Å². The second kappa shape index (κ2) is 7.80. The van der Waals surface area contributed by atoms with Gasteiger partial charge < -0.3 is 4.74 Å².